The molecule has 0 fully saturated rings. The standard InChI is InChI=1S/C28H27F6O3P/c1-26(2,3)38-23(14-16-12-17(27(29,30)31)15-18(13-16)28(32,33)34)37-22-11-6-8-19(25(22)38)24-20(35-4)9-7-10-21(24)36-5/h6-13,15,23H,14H2,1-5H3. The van der Waals surface area contributed by atoms with Crippen molar-refractivity contribution in [3.63, 3.8) is 0 Å². The lowest BCUT2D eigenvalue weighted by Crippen LogP contribution is -2.26. The fraction of sp³-hybridized carbons (Fsp3) is 0.357. The minimum Gasteiger partial charge on any atom is -0.496 e. The Morgan fingerprint density at radius 3 is 1.79 bits per heavy atom. The van der Waals surface area contributed by atoms with Crippen LogP contribution < -0.4 is 19.5 Å². The second kappa shape index (κ2) is 9.99. The van der Waals surface area contributed by atoms with Crippen molar-refractivity contribution in [2.45, 2.75) is 50.5 Å². The number of rotatable bonds is 5. The summed E-state index contributed by atoms with van der Waals surface area (Å²) in [7, 11) is 1.84. The largest absolute Gasteiger partial charge is 0.496 e. The zero-order valence-electron chi connectivity index (χ0n) is 21.4. The molecule has 2 atom stereocenters. The van der Waals surface area contributed by atoms with Crippen molar-refractivity contribution < 1.29 is 40.6 Å². The van der Waals surface area contributed by atoms with Crippen LogP contribution in [0.25, 0.3) is 11.1 Å². The zero-order valence-corrected chi connectivity index (χ0v) is 22.3. The molecule has 0 amide bonds. The Kier molecular flexibility index (Phi) is 7.38. The average Bonchev–Trinajstić information content (AvgIpc) is 3.20. The SMILES string of the molecule is COc1cccc(OC)c1-c1cccc2c1P(C(C)(C)C)C(Cc1cc(C(F)(F)F)cc(C(F)(F)F)c1)O2. The van der Waals surface area contributed by atoms with E-state index in [4.69, 9.17) is 14.2 Å². The van der Waals surface area contributed by atoms with Crippen LogP contribution in [0.1, 0.15) is 37.5 Å². The van der Waals surface area contributed by atoms with Crippen molar-refractivity contribution >= 4 is 13.2 Å². The molecule has 0 saturated heterocycles. The summed E-state index contributed by atoms with van der Waals surface area (Å²) in [5.74, 6) is 1.03. The van der Waals surface area contributed by atoms with Gasteiger partial charge >= 0.3 is 12.4 Å². The minimum atomic E-state index is -4.92. The maximum atomic E-state index is 13.5. The van der Waals surface area contributed by atoms with Crippen molar-refractivity contribution in [2.75, 3.05) is 14.2 Å². The summed E-state index contributed by atoms with van der Waals surface area (Å²) in [4.78, 5) is 0. The molecule has 0 radical (unpaired) electrons. The summed E-state index contributed by atoms with van der Waals surface area (Å²) in [6.07, 6.45) is -9.96. The van der Waals surface area contributed by atoms with Crippen molar-refractivity contribution in [3.05, 3.63) is 71.3 Å². The average molecular weight is 556 g/mol. The molecule has 204 valence electrons. The molecule has 0 spiro atoms. The fourth-order valence-electron chi connectivity index (χ4n) is 4.77. The predicted molar refractivity (Wildman–Crippen MR) is 136 cm³/mol. The zero-order chi connectivity index (χ0) is 28.0. The molecule has 0 N–H and O–H groups in total. The Morgan fingerprint density at radius 1 is 0.789 bits per heavy atom. The van der Waals surface area contributed by atoms with E-state index >= 15 is 0 Å². The number of methoxy groups -OCH3 is 2. The lowest BCUT2D eigenvalue weighted by atomic mass is 10.0. The molecule has 10 heteroatoms. The molecular formula is C28H27F6O3P. The Labute approximate surface area is 218 Å². The third-order valence-corrected chi connectivity index (χ3v) is 9.52. The number of hydrogen-bond acceptors (Lipinski definition) is 3. The molecule has 0 aromatic heterocycles. The maximum Gasteiger partial charge on any atom is 0.416 e. The summed E-state index contributed by atoms with van der Waals surface area (Å²) in [6, 6.07) is 12.6. The highest BCUT2D eigenvalue weighted by Gasteiger charge is 2.44. The third-order valence-electron chi connectivity index (χ3n) is 6.27. The molecule has 1 heterocycles. The first-order chi connectivity index (χ1) is 17.6. The van der Waals surface area contributed by atoms with E-state index in [1.54, 1.807) is 44.6 Å². The van der Waals surface area contributed by atoms with E-state index in [1.807, 2.05) is 26.8 Å². The first-order valence-electron chi connectivity index (χ1n) is 11.7. The number of fused-ring (bicyclic) bond motifs is 1. The van der Waals surface area contributed by atoms with Crippen LogP contribution in [0.15, 0.2) is 54.6 Å². The summed E-state index contributed by atoms with van der Waals surface area (Å²) in [6.45, 7) is 5.98. The topological polar surface area (TPSA) is 27.7 Å². The van der Waals surface area contributed by atoms with Gasteiger partial charge in [-0.1, -0.05) is 39.0 Å². The first kappa shape index (κ1) is 28.1. The Balaban J connectivity index is 1.85. The monoisotopic (exact) mass is 556 g/mol. The minimum absolute atomic E-state index is 0.0851. The van der Waals surface area contributed by atoms with Gasteiger partial charge in [-0.2, -0.15) is 26.3 Å². The van der Waals surface area contributed by atoms with E-state index in [1.165, 1.54) is 0 Å². The van der Waals surface area contributed by atoms with Gasteiger partial charge in [0.05, 0.1) is 30.9 Å². The Hall–Kier alpha value is -2.93. The number of hydrogen-bond donors (Lipinski definition) is 0. The highest BCUT2D eigenvalue weighted by atomic mass is 31.1. The molecule has 3 aromatic carbocycles. The smallest absolute Gasteiger partial charge is 0.416 e. The van der Waals surface area contributed by atoms with Crippen LogP contribution in [-0.4, -0.2) is 25.2 Å². The van der Waals surface area contributed by atoms with Crippen LogP contribution in [0.2, 0.25) is 0 Å². The summed E-state index contributed by atoms with van der Waals surface area (Å²) < 4.78 is 98.5. The lowest BCUT2D eigenvalue weighted by Gasteiger charge is -2.33. The van der Waals surface area contributed by atoms with Gasteiger partial charge in [-0.05, 0) is 55.0 Å². The van der Waals surface area contributed by atoms with Crippen LogP contribution >= 0.6 is 7.92 Å². The molecular weight excluding hydrogens is 529 g/mol. The molecule has 3 aromatic rings. The van der Waals surface area contributed by atoms with Crippen molar-refractivity contribution in [1.29, 1.82) is 0 Å². The van der Waals surface area contributed by atoms with Crippen molar-refractivity contribution in [3.8, 4) is 28.4 Å². The first-order valence-corrected chi connectivity index (χ1v) is 13.1. The normalized spacial score (nSPS) is 17.7. The van der Waals surface area contributed by atoms with E-state index in [0.29, 0.717) is 22.8 Å². The number of ether oxygens (including phenoxy) is 3. The quantitative estimate of drug-likeness (QED) is 0.234. The third kappa shape index (κ3) is 5.44. The molecule has 4 rings (SSSR count). The van der Waals surface area contributed by atoms with Gasteiger partial charge in [0.2, 0.25) is 0 Å². The van der Waals surface area contributed by atoms with E-state index in [9.17, 15) is 26.3 Å². The molecule has 2 unspecified atom stereocenters. The van der Waals surface area contributed by atoms with E-state index in [-0.39, 0.29) is 18.1 Å². The van der Waals surface area contributed by atoms with Crippen molar-refractivity contribution in [2.24, 2.45) is 0 Å². The maximum absolute atomic E-state index is 13.5. The summed E-state index contributed by atoms with van der Waals surface area (Å²) in [5.41, 5.74) is -1.26. The van der Waals surface area contributed by atoms with E-state index < -0.39 is 42.4 Å². The summed E-state index contributed by atoms with van der Waals surface area (Å²) in [5, 5.41) is 0.469. The van der Waals surface area contributed by atoms with Crippen LogP contribution in [-0.2, 0) is 18.8 Å². The molecule has 3 nitrogen and oxygen atoms in total. The number of alkyl halides is 6. The molecule has 1 aliphatic heterocycles. The van der Waals surface area contributed by atoms with Gasteiger partial charge < -0.3 is 14.2 Å². The molecule has 0 saturated carbocycles. The van der Waals surface area contributed by atoms with E-state index in [0.717, 1.165) is 23.0 Å². The second-order valence-corrected chi connectivity index (χ2v) is 13.0. The molecule has 0 aliphatic carbocycles. The van der Waals surface area contributed by atoms with Gasteiger partial charge in [-0.25, -0.2) is 0 Å². The predicted octanol–water partition coefficient (Wildman–Crippen LogP) is 8.28. The molecule has 38 heavy (non-hydrogen) atoms. The fourth-order valence-corrected chi connectivity index (χ4v) is 8.01. The van der Waals surface area contributed by atoms with Crippen LogP contribution in [0.3, 0.4) is 0 Å². The highest BCUT2D eigenvalue weighted by molar-refractivity contribution is 7.68. The van der Waals surface area contributed by atoms with Gasteiger partial charge in [0, 0.05) is 17.3 Å². The van der Waals surface area contributed by atoms with Gasteiger partial charge in [-0.15, -0.1) is 0 Å². The number of halogens is 6. The molecule has 1 aliphatic rings. The Morgan fingerprint density at radius 2 is 1.32 bits per heavy atom. The molecule has 0 bridgehead atoms. The highest BCUT2D eigenvalue weighted by Crippen LogP contribution is 2.61. The van der Waals surface area contributed by atoms with Crippen LogP contribution in [0, 0.1) is 0 Å². The van der Waals surface area contributed by atoms with Crippen LogP contribution in [0.4, 0.5) is 26.3 Å². The van der Waals surface area contributed by atoms with Gasteiger partial charge in [0.25, 0.3) is 0 Å². The summed E-state index contributed by atoms with van der Waals surface area (Å²) >= 11 is 0. The van der Waals surface area contributed by atoms with Gasteiger partial charge in [-0.3, -0.25) is 0 Å². The lowest BCUT2D eigenvalue weighted by molar-refractivity contribution is -0.143. The Bertz CT molecular complexity index is 1270. The van der Waals surface area contributed by atoms with Gasteiger partial charge in [0.15, 0.2) is 0 Å². The second-order valence-electron chi connectivity index (χ2n) is 9.92. The van der Waals surface area contributed by atoms with E-state index in [2.05, 4.69) is 0 Å². The van der Waals surface area contributed by atoms with Crippen molar-refractivity contribution in [1.82, 2.24) is 0 Å². The van der Waals surface area contributed by atoms with Gasteiger partial charge in [0.1, 0.15) is 23.1 Å². The number of benzene rings is 3. The van der Waals surface area contributed by atoms with Crippen LogP contribution in [0.5, 0.6) is 17.2 Å².